The van der Waals surface area contributed by atoms with Gasteiger partial charge in [0.25, 0.3) is 0 Å². The molecule has 5 heterocycles. The zero-order valence-electron chi connectivity index (χ0n) is 33.8. The Morgan fingerprint density at radius 3 is 1.60 bits per heavy atom. The highest BCUT2D eigenvalue weighted by Gasteiger charge is 2.22. The van der Waals surface area contributed by atoms with Crippen LogP contribution in [-0.4, -0.2) is 19.4 Å². The topological polar surface area (TPSA) is 46.0 Å². The third-order valence-electron chi connectivity index (χ3n) is 12.1. The predicted molar refractivity (Wildman–Crippen MR) is 247 cm³/mol. The number of rotatable bonds is 2. The van der Waals surface area contributed by atoms with E-state index in [0.717, 1.165) is 88.1 Å². The molecular weight excluding hydrogens is 705 g/mol. The van der Waals surface area contributed by atoms with Crippen molar-refractivity contribution < 1.29 is 0 Å². The molecule has 11 rings (SSSR count). The third-order valence-corrected chi connectivity index (χ3v) is 12.1. The molecule has 0 fully saturated rings. The third kappa shape index (κ3) is 5.43. The summed E-state index contributed by atoms with van der Waals surface area (Å²) in [6.45, 7) is 13.8. The van der Waals surface area contributed by atoms with Crippen LogP contribution >= 0.6 is 0 Å². The van der Waals surface area contributed by atoms with Gasteiger partial charge in [0, 0.05) is 43.2 Å². The second-order valence-corrected chi connectivity index (χ2v) is 18.1. The largest absolute Gasteiger partial charge is 0.353 e. The standard InChI is InChI=1S/C54H44N4/c1-53(2,3)37-28-42-43-29-38(54(4,5)6)31-45-48-27-35(33-17-11-8-12-18-33)26-47(55-48)36-23-34(32-15-9-7-10-16-32)24-39(25-36)58-49-20-14-13-19-40(49)41-21-22-46(56-52(41)58)44(30-37)50(42)57-51(43)45/h7-31,57H,1-6H3. The van der Waals surface area contributed by atoms with Crippen molar-refractivity contribution in [2.75, 3.05) is 0 Å². The number of nitrogens with zero attached hydrogens (tertiary/aromatic N) is 3. The lowest BCUT2D eigenvalue weighted by atomic mass is 9.84. The molecule has 0 unspecified atom stereocenters. The number of aromatic nitrogens is 4. The highest BCUT2D eigenvalue weighted by molar-refractivity contribution is 6.22. The van der Waals surface area contributed by atoms with Crippen molar-refractivity contribution in [3.63, 3.8) is 0 Å². The zero-order chi connectivity index (χ0) is 39.5. The second kappa shape index (κ2) is 12.4. The highest BCUT2D eigenvalue weighted by Crippen LogP contribution is 2.41. The molecule has 0 saturated heterocycles. The number of fused-ring (bicyclic) bond motifs is 13. The molecule has 0 spiro atoms. The van der Waals surface area contributed by atoms with E-state index in [4.69, 9.17) is 9.97 Å². The maximum Gasteiger partial charge on any atom is 0.146 e. The molecule has 0 atom stereocenters. The number of hydrogen-bond donors (Lipinski definition) is 1. The van der Waals surface area contributed by atoms with Gasteiger partial charge < -0.3 is 4.98 Å². The molecular formula is C54H44N4. The van der Waals surface area contributed by atoms with Crippen LogP contribution in [-0.2, 0) is 10.8 Å². The Bertz CT molecular complexity index is 3500. The van der Waals surface area contributed by atoms with Crippen LogP contribution in [0.2, 0.25) is 0 Å². The van der Waals surface area contributed by atoms with Gasteiger partial charge in [0.1, 0.15) is 5.65 Å². The van der Waals surface area contributed by atoms with Crippen molar-refractivity contribution in [1.82, 2.24) is 19.4 Å². The summed E-state index contributed by atoms with van der Waals surface area (Å²) in [5.41, 5.74) is 15.0. The lowest BCUT2D eigenvalue weighted by molar-refractivity contribution is 0.591. The van der Waals surface area contributed by atoms with E-state index in [9.17, 15) is 0 Å². The normalized spacial score (nSPS) is 12.7. The predicted octanol–water partition coefficient (Wildman–Crippen LogP) is 14.6. The molecule has 0 radical (unpaired) electrons. The maximum absolute atomic E-state index is 5.66. The van der Waals surface area contributed by atoms with Gasteiger partial charge in [0.05, 0.1) is 33.1 Å². The first-order valence-corrected chi connectivity index (χ1v) is 20.3. The summed E-state index contributed by atoms with van der Waals surface area (Å²) in [5, 5.41) is 7.94. The molecule has 0 saturated carbocycles. The first kappa shape index (κ1) is 34.5. The Hall–Kier alpha value is -6.78. The average Bonchev–Trinajstić information content (AvgIpc) is 3.78. The van der Waals surface area contributed by atoms with Crippen molar-refractivity contribution in [2.45, 2.75) is 52.4 Å². The Morgan fingerprint density at radius 2 is 0.966 bits per heavy atom. The molecule has 4 heteroatoms. The number of H-pyrrole nitrogens is 1. The van der Waals surface area contributed by atoms with E-state index < -0.39 is 0 Å². The first-order chi connectivity index (χ1) is 28.0. The van der Waals surface area contributed by atoms with Gasteiger partial charge in [-0.2, -0.15) is 0 Å². The van der Waals surface area contributed by atoms with Gasteiger partial charge in [-0.15, -0.1) is 0 Å². The molecule has 5 aromatic heterocycles. The number of para-hydroxylation sites is 1. The van der Waals surface area contributed by atoms with Crippen LogP contribution in [0.5, 0.6) is 0 Å². The lowest BCUT2D eigenvalue weighted by Gasteiger charge is -2.21. The van der Waals surface area contributed by atoms with Gasteiger partial charge in [0.15, 0.2) is 0 Å². The molecule has 8 bridgehead atoms. The summed E-state index contributed by atoms with van der Waals surface area (Å²) < 4.78 is 2.36. The van der Waals surface area contributed by atoms with Crippen LogP contribution in [0.25, 0.3) is 104 Å². The van der Waals surface area contributed by atoms with Crippen LogP contribution in [0.1, 0.15) is 52.7 Å². The van der Waals surface area contributed by atoms with Crippen molar-refractivity contribution in [1.29, 1.82) is 0 Å². The van der Waals surface area contributed by atoms with E-state index in [1.165, 1.54) is 27.3 Å². The molecule has 0 aliphatic heterocycles. The van der Waals surface area contributed by atoms with Gasteiger partial charge in [0.2, 0.25) is 0 Å². The molecule has 11 aromatic rings. The fourth-order valence-electron chi connectivity index (χ4n) is 8.92. The maximum atomic E-state index is 5.66. The monoisotopic (exact) mass is 748 g/mol. The minimum absolute atomic E-state index is 0.0917. The molecule has 1 N–H and O–H groups in total. The first-order valence-electron chi connectivity index (χ1n) is 20.3. The quantitative estimate of drug-likeness (QED) is 0.191. The van der Waals surface area contributed by atoms with Crippen molar-refractivity contribution >= 4 is 82.0 Å². The van der Waals surface area contributed by atoms with E-state index in [0.29, 0.717) is 0 Å². The van der Waals surface area contributed by atoms with Crippen molar-refractivity contribution in [3.05, 3.63) is 163 Å². The molecule has 4 nitrogen and oxygen atoms in total. The average molecular weight is 749 g/mol. The Morgan fingerprint density at radius 1 is 0.414 bits per heavy atom. The smallest absolute Gasteiger partial charge is 0.146 e. The fraction of sp³-hybridized carbons (Fsp3) is 0.148. The summed E-state index contributed by atoms with van der Waals surface area (Å²) >= 11 is 0. The van der Waals surface area contributed by atoms with Crippen LogP contribution in [0.3, 0.4) is 0 Å². The number of hydrogen-bond acceptors (Lipinski definition) is 2. The SMILES string of the molecule is CC(C)(C)c1cc2c3cc(-c4ccccc4)cc(n3)c3cc(-c4ccccc4)cc(c3)n3c4ccccc4c4ccc(nc43)c3cc(C(C)(C)C)cc4c(c1)c2[nH]c34. The lowest BCUT2D eigenvalue weighted by Crippen LogP contribution is -2.11. The van der Waals surface area contributed by atoms with E-state index in [1.54, 1.807) is 0 Å². The van der Waals surface area contributed by atoms with Crippen molar-refractivity contribution in [2.24, 2.45) is 0 Å². The molecule has 280 valence electrons. The van der Waals surface area contributed by atoms with Gasteiger partial charge >= 0.3 is 0 Å². The van der Waals surface area contributed by atoms with E-state index >= 15 is 0 Å². The van der Waals surface area contributed by atoms with E-state index in [1.807, 2.05) is 0 Å². The highest BCUT2D eigenvalue weighted by atomic mass is 15.0. The summed E-state index contributed by atoms with van der Waals surface area (Å²) in [7, 11) is 0. The minimum Gasteiger partial charge on any atom is -0.353 e. The van der Waals surface area contributed by atoms with Crippen LogP contribution in [0.15, 0.2) is 152 Å². The molecule has 58 heavy (non-hydrogen) atoms. The number of pyridine rings is 2. The van der Waals surface area contributed by atoms with E-state index in [2.05, 4.69) is 203 Å². The Balaban J connectivity index is 1.47. The molecule has 0 amide bonds. The number of benzene rings is 6. The van der Waals surface area contributed by atoms with Gasteiger partial charge in [-0.3, -0.25) is 4.40 Å². The Kier molecular flexibility index (Phi) is 7.34. The molecule has 6 aromatic carbocycles. The number of aromatic amines is 1. The molecule has 0 aliphatic carbocycles. The van der Waals surface area contributed by atoms with Gasteiger partial charge in [-0.1, -0.05) is 120 Å². The van der Waals surface area contributed by atoms with Crippen LogP contribution in [0.4, 0.5) is 0 Å². The van der Waals surface area contributed by atoms with Crippen LogP contribution in [0, 0.1) is 0 Å². The van der Waals surface area contributed by atoms with E-state index in [-0.39, 0.29) is 10.8 Å². The summed E-state index contributed by atoms with van der Waals surface area (Å²) in [4.78, 5) is 15.3. The fourth-order valence-corrected chi connectivity index (χ4v) is 8.92. The van der Waals surface area contributed by atoms with Crippen LogP contribution < -0.4 is 0 Å². The second-order valence-electron chi connectivity index (χ2n) is 18.1. The Labute approximate surface area is 337 Å². The number of nitrogens with one attached hydrogen (secondary N) is 1. The van der Waals surface area contributed by atoms with Crippen molar-refractivity contribution in [3.8, 4) is 22.3 Å². The summed E-state index contributed by atoms with van der Waals surface area (Å²) in [6.07, 6.45) is 0. The molecule has 0 aliphatic rings. The summed E-state index contributed by atoms with van der Waals surface area (Å²) in [6, 6.07) is 55.6. The summed E-state index contributed by atoms with van der Waals surface area (Å²) in [5.74, 6) is 0. The van der Waals surface area contributed by atoms with Gasteiger partial charge in [-0.25, -0.2) is 9.97 Å². The minimum atomic E-state index is -0.101. The zero-order valence-corrected chi connectivity index (χ0v) is 33.8. The van der Waals surface area contributed by atoms with Gasteiger partial charge in [-0.05, 0) is 117 Å².